The molecule has 6 nitrogen and oxygen atoms in total. The van der Waals surface area contributed by atoms with Crippen molar-refractivity contribution in [2.24, 2.45) is 0 Å². The van der Waals surface area contributed by atoms with E-state index in [-0.39, 0.29) is 5.91 Å². The van der Waals surface area contributed by atoms with Crippen LogP contribution in [0.15, 0.2) is 30.3 Å². The van der Waals surface area contributed by atoms with Crippen molar-refractivity contribution in [1.29, 1.82) is 0 Å². The summed E-state index contributed by atoms with van der Waals surface area (Å²) in [5.74, 6) is -0.324. The Labute approximate surface area is 110 Å². The van der Waals surface area contributed by atoms with Crippen LogP contribution in [0.25, 0.3) is 0 Å². The van der Waals surface area contributed by atoms with Crippen LogP contribution in [0.1, 0.15) is 12.0 Å². The SMILES string of the molecule is O=C(O)N[C@@H]1CCN(OCCc2ccccc2)C1=O. The molecule has 0 saturated carbocycles. The highest BCUT2D eigenvalue weighted by Crippen LogP contribution is 2.12. The molecule has 2 N–H and O–H groups in total. The van der Waals surface area contributed by atoms with Crippen molar-refractivity contribution in [3.05, 3.63) is 35.9 Å². The number of nitrogens with one attached hydrogen (secondary N) is 1. The van der Waals surface area contributed by atoms with Gasteiger partial charge in [0, 0.05) is 0 Å². The van der Waals surface area contributed by atoms with E-state index in [9.17, 15) is 9.59 Å². The molecule has 1 heterocycles. The molecule has 19 heavy (non-hydrogen) atoms. The van der Waals surface area contributed by atoms with Crippen LogP contribution in [0.4, 0.5) is 4.79 Å². The summed E-state index contributed by atoms with van der Waals surface area (Å²) >= 11 is 0. The molecular formula is C13H16N2O4. The molecule has 0 bridgehead atoms. The molecule has 2 rings (SSSR count). The van der Waals surface area contributed by atoms with Crippen molar-refractivity contribution >= 4 is 12.0 Å². The van der Waals surface area contributed by atoms with Gasteiger partial charge in [0.25, 0.3) is 5.91 Å². The molecule has 1 aliphatic heterocycles. The topological polar surface area (TPSA) is 78.9 Å². The van der Waals surface area contributed by atoms with Crippen molar-refractivity contribution in [2.45, 2.75) is 18.9 Å². The predicted octanol–water partition coefficient (Wildman–Crippen LogP) is 1.03. The molecule has 1 atom stereocenters. The van der Waals surface area contributed by atoms with Crippen LogP contribution >= 0.6 is 0 Å². The average molecular weight is 264 g/mol. The second-order valence-electron chi connectivity index (χ2n) is 4.30. The molecule has 102 valence electrons. The standard InChI is InChI=1S/C13H16N2O4/c16-12-11(14-13(17)18)6-8-15(12)19-9-7-10-4-2-1-3-5-10/h1-5,11,14H,6-9H2,(H,17,18)/t11-/m1/s1. The fourth-order valence-electron chi connectivity index (χ4n) is 1.98. The van der Waals surface area contributed by atoms with E-state index in [0.717, 1.165) is 5.56 Å². The zero-order valence-corrected chi connectivity index (χ0v) is 10.4. The number of carbonyl (C=O) groups is 2. The summed E-state index contributed by atoms with van der Waals surface area (Å²) in [4.78, 5) is 27.6. The van der Waals surface area contributed by atoms with Gasteiger partial charge < -0.3 is 10.4 Å². The molecule has 0 unspecified atom stereocenters. The van der Waals surface area contributed by atoms with E-state index in [2.05, 4.69) is 5.32 Å². The summed E-state index contributed by atoms with van der Waals surface area (Å²) in [6, 6.07) is 9.13. The molecule has 0 radical (unpaired) electrons. The maximum atomic E-state index is 11.8. The molecule has 1 saturated heterocycles. The van der Waals surface area contributed by atoms with Crippen molar-refractivity contribution in [1.82, 2.24) is 10.4 Å². The summed E-state index contributed by atoms with van der Waals surface area (Å²) in [5.41, 5.74) is 1.13. The molecule has 0 spiro atoms. The van der Waals surface area contributed by atoms with Gasteiger partial charge in [-0.2, -0.15) is 0 Å². The molecule has 1 fully saturated rings. The first-order valence-electron chi connectivity index (χ1n) is 6.14. The summed E-state index contributed by atoms with van der Waals surface area (Å²) in [7, 11) is 0. The number of hydroxylamine groups is 2. The minimum absolute atomic E-state index is 0.324. The Balaban J connectivity index is 1.75. The number of hydrogen-bond acceptors (Lipinski definition) is 3. The second kappa shape index (κ2) is 6.19. The Kier molecular flexibility index (Phi) is 4.35. The number of carboxylic acid groups (broad SMARTS) is 1. The largest absolute Gasteiger partial charge is 0.465 e. The summed E-state index contributed by atoms with van der Waals surface area (Å²) in [6.45, 7) is 0.814. The van der Waals surface area contributed by atoms with Crippen molar-refractivity contribution < 1.29 is 19.5 Å². The smallest absolute Gasteiger partial charge is 0.405 e. The number of benzene rings is 1. The van der Waals surface area contributed by atoms with Gasteiger partial charge in [0.2, 0.25) is 0 Å². The van der Waals surface area contributed by atoms with Gasteiger partial charge in [-0.3, -0.25) is 9.63 Å². The highest BCUT2D eigenvalue weighted by molar-refractivity contribution is 5.86. The molecule has 0 aliphatic carbocycles. The molecular weight excluding hydrogens is 248 g/mol. The zero-order chi connectivity index (χ0) is 13.7. The molecule has 1 aromatic rings. The van der Waals surface area contributed by atoms with Gasteiger partial charge >= 0.3 is 6.09 Å². The van der Waals surface area contributed by atoms with E-state index < -0.39 is 12.1 Å². The first-order valence-corrected chi connectivity index (χ1v) is 6.14. The van der Waals surface area contributed by atoms with Crippen LogP contribution in [0.3, 0.4) is 0 Å². The maximum absolute atomic E-state index is 11.8. The van der Waals surface area contributed by atoms with Gasteiger partial charge in [0.05, 0.1) is 13.2 Å². The number of hydrogen-bond donors (Lipinski definition) is 2. The third kappa shape index (κ3) is 3.69. The van der Waals surface area contributed by atoms with E-state index in [4.69, 9.17) is 9.94 Å². The molecule has 6 heteroatoms. The highest BCUT2D eigenvalue weighted by Gasteiger charge is 2.33. The second-order valence-corrected chi connectivity index (χ2v) is 4.30. The Bertz CT molecular complexity index is 449. The lowest BCUT2D eigenvalue weighted by Gasteiger charge is -2.16. The third-order valence-corrected chi connectivity index (χ3v) is 2.94. The number of rotatable bonds is 5. The fourth-order valence-corrected chi connectivity index (χ4v) is 1.98. The van der Waals surface area contributed by atoms with Crippen LogP contribution in [-0.4, -0.2) is 41.4 Å². The lowest BCUT2D eigenvalue weighted by atomic mass is 10.2. The summed E-state index contributed by atoms with van der Waals surface area (Å²) in [6.07, 6.45) is -0.0394. The Morgan fingerprint density at radius 3 is 2.84 bits per heavy atom. The maximum Gasteiger partial charge on any atom is 0.405 e. The van der Waals surface area contributed by atoms with E-state index in [1.54, 1.807) is 0 Å². The van der Waals surface area contributed by atoms with E-state index >= 15 is 0 Å². The van der Waals surface area contributed by atoms with Gasteiger partial charge in [0.15, 0.2) is 0 Å². The van der Waals surface area contributed by atoms with Gasteiger partial charge in [0.1, 0.15) is 6.04 Å². The van der Waals surface area contributed by atoms with Crippen LogP contribution in [0.2, 0.25) is 0 Å². The van der Waals surface area contributed by atoms with Crippen LogP contribution in [0, 0.1) is 0 Å². The predicted molar refractivity (Wildman–Crippen MR) is 67.4 cm³/mol. The Hall–Kier alpha value is -2.08. The minimum Gasteiger partial charge on any atom is -0.465 e. The molecule has 2 amide bonds. The first kappa shape index (κ1) is 13.4. The summed E-state index contributed by atoms with van der Waals surface area (Å²) < 4.78 is 0. The number of carbonyl (C=O) groups excluding carboxylic acids is 1. The van der Waals surface area contributed by atoms with Crippen LogP contribution in [0.5, 0.6) is 0 Å². The van der Waals surface area contributed by atoms with Crippen molar-refractivity contribution in [2.75, 3.05) is 13.2 Å². The number of amides is 2. The third-order valence-electron chi connectivity index (χ3n) is 2.94. The monoisotopic (exact) mass is 264 g/mol. The van der Waals surface area contributed by atoms with Gasteiger partial charge in [-0.05, 0) is 18.4 Å². The lowest BCUT2D eigenvalue weighted by Crippen LogP contribution is -2.40. The molecule has 1 aliphatic rings. The van der Waals surface area contributed by atoms with E-state index in [1.165, 1.54) is 5.06 Å². The van der Waals surface area contributed by atoms with E-state index in [0.29, 0.717) is 26.0 Å². The average Bonchev–Trinajstić information content (AvgIpc) is 2.72. The first-order chi connectivity index (χ1) is 9.16. The van der Waals surface area contributed by atoms with Crippen LogP contribution in [-0.2, 0) is 16.1 Å². The van der Waals surface area contributed by atoms with Gasteiger partial charge in [-0.15, -0.1) is 0 Å². The molecule has 0 aromatic heterocycles. The Morgan fingerprint density at radius 1 is 1.42 bits per heavy atom. The zero-order valence-electron chi connectivity index (χ0n) is 10.4. The quantitative estimate of drug-likeness (QED) is 0.832. The van der Waals surface area contributed by atoms with Gasteiger partial charge in [-0.25, -0.2) is 9.86 Å². The fraction of sp³-hybridized carbons (Fsp3) is 0.385. The van der Waals surface area contributed by atoms with Gasteiger partial charge in [-0.1, -0.05) is 30.3 Å². The van der Waals surface area contributed by atoms with Crippen LogP contribution < -0.4 is 5.32 Å². The van der Waals surface area contributed by atoms with E-state index in [1.807, 2.05) is 30.3 Å². The molecule has 1 aromatic carbocycles. The minimum atomic E-state index is -1.19. The Morgan fingerprint density at radius 2 is 2.16 bits per heavy atom. The normalized spacial score (nSPS) is 18.6. The number of nitrogens with zero attached hydrogens (tertiary/aromatic N) is 1. The van der Waals surface area contributed by atoms with Crippen molar-refractivity contribution in [3.63, 3.8) is 0 Å². The summed E-state index contributed by atoms with van der Waals surface area (Å²) in [5, 5.41) is 12.0. The highest BCUT2D eigenvalue weighted by atomic mass is 16.7. The lowest BCUT2D eigenvalue weighted by molar-refractivity contribution is -0.178. The van der Waals surface area contributed by atoms with Crippen molar-refractivity contribution in [3.8, 4) is 0 Å².